The van der Waals surface area contributed by atoms with Gasteiger partial charge in [0, 0.05) is 19.0 Å². The van der Waals surface area contributed by atoms with Crippen LogP contribution in [0.1, 0.15) is 48.2 Å². The maximum Gasteiger partial charge on any atom is 0.253 e. The number of nitrogens with zero attached hydrogens (tertiary/aromatic N) is 1. The number of carbonyl (C=O) groups excluding carboxylic acids is 2. The Morgan fingerprint density at radius 2 is 1.53 bits per heavy atom. The van der Waals surface area contributed by atoms with Gasteiger partial charge in [-0.1, -0.05) is 62.4 Å². The average Bonchev–Trinajstić information content (AvgIpc) is 3.67. The normalized spacial score (nSPS) is 13.3. The van der Waals surface area contributed by atoms with Gasteiger partial charge in [-0.2, -0.15) is 0 Å². The second kappa shape index (κ2) is 9.96. The topological polar surface area (TPSA) is 61.4 Å². The minimum atomic E-state index is -0.181. The minimum Gasteiger partial charge on any atom is -0.348 e. The van der Waals surface area contributed by atoms with Crippen LogP contribution in [0.5, 0.6) is 0 Å². The number of benzene rings is 3. The van der Waals surface area contributed by atoms with Crippen molar-refractivity contribution in [3.05, 3.63) is 77.4 Å². The molecule has 0 saturated heterocycles. The third kappa shape index (κ3) is 5.17. The molecule has 1 aliphatic rings. The Balaban J connectivity index is 1.55. The van der Waals surface area contributed by atoms with Crippen molar-refractivity contribution in [3.63, 3.8) is 0 Å². The zero-order chi connectivity index (χ0) is 22.5. The lowest BCUT2D eigenvalue weighted by atomic mass is 10.0. The highest BCUT2D eigenvalue weighted by molar-refractivity contribution is 6.08. The quantitative estimate of drug-likeness (QED) is 0.505. The van der Waals surface area contributed by atoms with E-state index in [1.807, 2.05) is 48.5 Å². The van der Waals surface area contributed by atoms with E-state index in [2.05, 4.69) is 41.5 Å². The van der Waals surface area contributed by atoms with E-state index in [0.29, 0.717) is 17.8 Å². The summed E-state index contributed by atoms with van der Waals surface area (Å²) in [7, 11) is 0. The summed E-state index contributed by atoms with van der Waals surface area (Å²) in [6.45, 7) is 7.59. The van der Waals surface area contributed by atoms with Gasteiger partial charge in [-0.25, -0.2) is 0 Å². The molecule has 4 rings (SSSR count). The summed E-state index contributed by atoms with van der Waals surface area (Å²) in [5.41, 5.74) is 3.41. The largest absolute Gasteiger partial charge is 0.348 e. The number of anilines is 1. The van der Waals surface area contributed by atoms with Crippen molar-refractivity contribution in [3.8, 4) is 0 Å². The number of hydrogen-bond acceptors (Lipinski definition) is 3. The third-order valence-corrected chi connectivity index (χ3v) is 6.18. The monoisotopic (exact) mass is 429 g/mol. The molecule has 5 heteroatoms. The molecule has 32 heavy (non-hydrogen) atoms. The Morgan fingerprint density at radius 1 is 0.906 bits per heavy atom. The van der Waals surface area contributed by atoms with Crippen LogP contribution in [0.2, 0.25) is 0 Å². The van der Waals surface area contributed by atoms with Gasteiger partial charge in [0.15, 0.2) is 0 Å². The smallest absolute Gasteiger partial charge is 0.253 e. The fourth-order valence-electron chi connectivity index (χ4n) is 3.95. The van der Waals surface area contributed by atoms with Crippen molar-refractivity contribution in [2.45, 2.75) is 39.8 Å². The van der Waals surface area contributed by atoms with E-state index in [1.54, 1.807) is 0 Å². The van der Waals surface area contributed by atoms with Crippen molar-refractivity contribution < 1.29 is 9.59 Å². The van der Waals surface area contributed by atoms with E-state index in [9.17, 15) is 9.59 Å². The molecule has 1 saturated carbocycles. The summed E-state index contributed by atoms with van der Waals surface area (Å²) in [6, 6.07) is 19.9. The molecule has 1 fully saturated rings. The van der Waals surface area contributed by atoms with E-state index in [0.717, 1.165) is 48.8 Å². The minimum absolute atomic E-state index is 0.00102. The molecule has 0 aliphatic heterocycles. The van der Waals surface area contributed by atoms with Crippen LogP contribution in [0.4, 0.5) is 5.69 Å². The number of amides is 2. The van der Waals surface area contributed by atoms with Crippen LogP contribution >= 0.6 is 0 Å². The summed E-state index contributed by atoms with van der Waals surface area (Å²) in [5, 5.41) is 8.04. The zero-order valence-corrected chi connectivity index (χ0v) is 18.9. The Morgan fingerprint density at radius 3 is 2.19 bits per heavy atom. The molecule has 0 aromatic heterocycles. The van der Waals surface area contributed by atoms with Gasteiger partial charge in [0.25, 0.3) is 5.91 Å². The van der Waals surface area contributed by atoms with Crippen LogP contribution in [0, 0.1) is 5.92 Å². The van der Waals surface area contributed by atoms with Gasteiger partial charge in [-0.05, 0) is 60.0 Å². The number of fused-ring (bicyclic) bond motifs is 1. The summed E-state index contributed by atoms with van der Waals surface area (Å²) in [5.74, 6) is -0.109. The SMILES string of the molecule is CCN(CC)Cc1ccccc1CNC(=O)c1cc2ccccc2cc1NC(=O)C1CC1. The lowest BCUT2D eigenvalue weighted by Gasteiger charge is -2.20. The molecule has 3 aromatic carbocycles. The first-order valence-electron chi connectivity index (χ1n) is 11.5. The molecule has 166 valence electrons. The van der Waals surface area contributed by atoms with E-state index >= 15 is 0 Å². The molecule has 1 aliphatic carbocycles. The first-order valence-corrected chi connectivity index (χ1v) is 11.5. The molecular formula is C27H31N3O2. The Hall–Kier alpha value is -3.18. The summed E-state index contributed by atoms with van der Waals surface area (Å²) < 4.78 is 0. The predicted molar refractivity (Wildman–Crippen MR) is 130 cm³/mol. The molecule has 2 N–H and O–H groups in total. The lowest BCUT2D eigenvalue weighted by molar-refractivity contribution is -0.117. The van der Waals surface area contributed by atoms with Gasteiger partial charge in [0.2, 0.25) is 5.91 Å². The highest BCUT2D eigenvalue weighted by atomic mass is 16.2. The average molecular weight is 430 g/mol. The molecule has 5 nitrogen and oxygen atoms in total. The Kier molecular flexibility index (Phi) is 6.86. The third-order valence-electron chi connectivity index (χ3n) is 6.18. The lowest BCUT2D eigenvalue weighted by Crippen LogP contribution is -2.27. The molecule has 0 atom stereocenters. The standard InChI is InChI=1S/C27H31N3O2/c1-3-30(4-2)18-23-12-8-7-11-22(23)17-28-27(32)24-15-20-9-5-6-10-21(20)16-25(24)29-26(31)19-13-14-19/h5-12,15-16,19H,3-4,13-14,17-18H2,1-2H3,(H,28,32)(H,29,31). The van der Waals surface area contributed by atoms with Crippen molar-refractivity contribution >= 4 is 28.3 Å². The van der Waals surface area contributed by atoms with Gasteiger partial charge in [-0.15, -0.1) is 0 Å². The fraction of sp³-hybridized carbons (Fsp3) is 0.333. The van der Waals surface area contributed by atoms with Crippen LogP contribution in [-0.4, -0.2) is 29.8 Å². The van der Waals surface area contributed by atoms with Crippen LogP contribution in [0.3, 0.4) is 0 Å². The maximum absolute atomic E-state index is 13.2. The maximum atomic E-state index is 13.2. The highest BCUT2D eigenvalue weighted by Crippen LogP contribution is 2.32. The molecule has 0 unspecified atom stereocenters. The van der Waals surface area contributed by atoms with Crippen molar-refractivity contribution in [2.24, 2.45) is 5.92 Å². The van der Waals surface area contributed by atoms with E-state index in [1.165, 1.54) is 5.56 Å². The van der Waals surface area contributed by atoms with Gasteiger partial charge in [0.1, 0.15) is 0 Å². The molecule has 0 heterocycles. The molecule has 0 bridgehead atoms. The molecule has 0 spiro atoms. The second-order valence-electron chi connectivity index (χ2n) is 8.42. The molecule has 3 aromatic rings. The van der Waals surface area contributed by atoms with Crippen LogP contribution < -0.4 is 10.6 Å². The van der Waals surface area contributed by atoms with E-state index < -0.39 is 0 Å². The van der Waals surface area contributed by atoms with E-state index in [-0.39, 0.29) is 17.7 Å². The molecule has 0 radical (unpaired) electrons. The number of hydrogen-bond donors (Lipinski definition) is 2. The first-order chi connectivity index (χ1) is 15.6. The van der Waals surface area contributed by atoms with Crippen LogP contribution in [0.15, 0.2) is 60.7 Å². The molecule has 2 amide bonds. The Bertz CT molecular complexity index is 1120. The van der Waals surface area contributed by atoms with Gasteiger partial charge in [-0.3, -0.25) is 14.5 Å². The van der Waals surface area contributed by atoms with Crippen LogP contribution in [-0.2, 0) is 17.9 Å². The first kappa shape index (κ1) is 22.0. The summed E-state index contributed by atoms with van der Waals surface area (Å²) in [6.07, 6.45) is 1.84. The number of nitrogens with one attached hydrogen (secondary N) is 2. The summed E-state index contributed by atoms with van der Waals surface area (Å²) >= 11 is 0. The van der Waals surface area contributed by atoms with Crippen LogP contribution in [0.25, 0.3) is 10.8 Å². The van der Waals surface area contributed by atoms with E-state index in [4.69, 9.17) is 0 Å². The Labute approximate surface area is 189 Å². The number of rotatable bonds is 9. The number of carbonyl (C=O) groups is 2. The predicted octanol–water partition coefficient (Wildman–Crippen LogP) is 4.96. The van der Waals surface area contributed by atoms with Crippen molar-refractivity contribution in [2.75, 3.05) is 18.4 Å². The van der Waals surface area contributed by atoms with Crippen molar-refractivity contribution in [1.82, 2.24) is 10.2 Å². The van der Waals surface area contributed by atoms with Gasteiger partial charge >= 0.3 is 0 Å². The highest BCUT2D eigenvalue weighted by Gasteiger charge is 2.30. The van der Waals surface area contributed by atoms with Gasteiger partial charge in [0.05, 0.1) is 11.3 Å². The second-order valence-corrected chi connectivity index (χ2v) is 8.42. The van der Waals surface area contributed by atoms with Gasteiger partial charge < -0.3 is 10.6 Å². The summed E-state index contributed by atoms with van der Waals surface area (Å²) in [4.78, 5) is 28.0. The molecular weight excluding hydrogens is 398 g/mol. The fourth-order valence-corrected chi connectivity index (χ4v) is 3.95. The van der Waals surface area contributed by atoms with Crippen molar-refractivity contribution in [1.29, 1.82) is 0 Å². The zero-order valence-electron chi connectivity index (χ0n) is 18.9.